The van der Waals surface area contributed by atoms with E-state index in [0.717, 1.165) is 23.5 Å². The van der Waals surface area contributed by atoms with Gasteiger partial charge in [-0.15, -0.1) is 5.10 Å². The van der Waals surface area contributed by atoms with Crippen LogP contribution in [0.25, 0.3) is 11.6 Å². The van der Waals surface area contributed by atoms with Crippen molar-refractivity contribution in [2.75, 3.05) is 5.32 Å². The number of aryl methyl sites for hydroxylation is 1. The molecule has 0 radical (unpaired) electrons. The van der Waals surface area contributed by atoms with Gasteiger partial charge in [-0.05, 0) is 43.9 Å². The molecule has 3 aromatic heterocycles. The van der Waals surface area contributed by atoms with Gasteiger partial charge in [-0.2, -0.15) is 10.1 Å². The topological polar surface area (TPSA) is 102 Å². The highest BCUT2D eigenvalue weighted by atomic mass is 16.3. The number of furan rings is 1. The fraction of sp³-hybridized carbons (Fsp3) is 0.444. The van der Waals surface area contributed by atoms with Gasteiger partial charge in [-0.1, -0.05) is 13.8 Å². The van der Waals surface area contributed by atoms with E-state index in [2.05, 4.69) is 46.4 Å². The van der Waals surface area contributed by atoms with E-state index < -0.39 is 0 Å². The second-order valence-electron chi connectivity index (χ2n) is 6.76. The van der Waals surface area contributed by atoms with Gasteiger partial charge in [-0.3, -0.25) is 19.9 Å². The predicted octanol–water partition coefficient (Wildman–Crippen LogP) is 3.11. The lowest BCUT2D eigenvalue weighted by Gasteiger charge is -2.08. The minimum atomic E-state index is -0.134. The molecule has 1 amide bonds. The molecule has 3 aromatic rings. The standard InChI is InChI=1S/C18H24N6O2/c1-11(2)10-24-13(4)14(12(3)23-24)7-8-16(25)19-18-20-17(21-22-18)15-6-5-9-26-15/h5-6,9,11H,7-8,10H2,1-4H3,(H2,19,20,21,22,25). The second kappa shape index (κ2) is 7.55. The lowest BCUT2D eigenvalue weighted by atomic mass is 10.1. The first-order valence-corrected chi connectivity index (χ1v) is 8.73. The van der Waals surface area contributed by atoms with Crippen molar-refractivity contribution < 1.29 is 9.21 Å². The van der Waals surface area contributed by atoms with Crippen molar-refractivity contribution in [3.63, 3.8) is 0 Å². The van der Waals surface area contributed by atoms with E-state index in [-0.39, 0.29) is 11.9 Å². The van der Waals surface area contributed by atoms with Gasteiger partial charge in [0.2, 0.25) is 11.9 Å². The number of aromatic amines is 1. The zero-order valence-corrected chi connectivity index (χ0v) is 15.5. The van der Waals surface area contributed by atoms with Crippen LogP contribution in [0.3, 0.4) is 0 Å². The molecule has 3 rings (SSSR count). The van der Waals surface area contributed by atoms with Crippen LogP contribution in [0.2, 0.25) is 0 Å². The first-order chi connectivity index (χ1) is 12.4. The average molecular weight is 356 g/mol. The number of rotatable bonds is 7. The summed E-state index contributed by atoms with van der Waals surface area (Å²) in [5.74, 6) is 1.68. The number of amides is 1. The number of anilines is 1. The van der Waals surface area contributed by atoms with E-state index in [4.69, 9.17) is 4.42 Å². The molecule has 8 heteroatoms. The van der Waals surface area contributed by atoms with Crippen molar-refractivity contribution in [3.05, 3.63) is 35.3 Å². The third kappa shape index (κ3) is 4.01. The maximum absolute atomic E-state index is 12.2. The van der Waals surface area contributed by atoms with Gasteiger partial charge in [0.05, 0.1) is 12.0 Å². The molecule has 0 bridgehead atoms. The highest BCUT2D eigenvalue weighted by molar-refractivity contribution is 5.89. The van der Waals surface area contributed by atoms with Crippen LogP contribution in [0.5, 0.6) is 0 Å². The quantitative estimate of drug-likeness (QED) is 0.677. The van der Waals surface area contributed by atoms with Gasteiger partial charge in [0.25, 0.3) is 0 Å². The molecular weight excluding hydrogens is 332 g/mol. The molecule has 2 N–H and O–H groups in total. The van der Waals surface area contributed by atoms with E-state index in [1.807, 2.05) is 11.6 Å². The van der Waals surface area contributed by atoms with Crippen molar-refractivity contribution in [1.82, 2.24) is 25.0 Å². The predicted molar refractivity (Wildman–Crippen MR) is 97.6 cm³/mol. The van der Waals surface area contributed by atoms with Gasteiger partial charge >= 0.3 is 0 Å². The number of aromatic nitrogens is 5. The lowest BCUT2D eigenvalue weighted by molar-refractivity contribution is -0.116. The van der Waals surface area contributed by atoms with Gasteiger partial charge in [0.1, 0.15) is 0 Å². The summed E-state index contributed by atoms with van der Waals surface area (Å²) >= 11 is 0. The Morgan fingerprint density at radius 1 is 1.38 bits per heavy atom. The molecule has 26 heavy (non-hydrogen) atoms. The molecule has 0 unspecified atom stereocenters. The first kappa shape index (κ1) is 17.9. The normalized spacial score (nSPS) is 11.3. The molecule has 0 saturated heterocycles. The summed E-state index contributed by atoms with van der Waals surface area (Å²) in [7, 11) is 0. The van der Waals surface area contributed by atoms with Crippen LogP contribution in [0, 0.1) is 19.8 Å². The Kier molecular flexibility index (Phi) is 5.20. The Bertz CT molecular complexity index is 876. The minimum Gasteiger partial charge on any atom is -0.461 e. The SMILES string of the molecule is Cc1nn(CC(C)C)c(C)c1CCC(=O)Nc1n[nH]c(-c2ccco2)n1. The molecule has 3 heterocycles. The summed E-state index contributed by atoms with van der Waals surface area (Å²) in [5, 5.41) is 14.0. The molecule has 0 saturated carbocycles. The Balaban J connectivity index is 1.59. The number of nitrogens with zero attached hydrogens (tertiary/aromatic N) is 4. The van der Waals surface area contributed by atoms with E-state index in [1.165, 1.54) is 0 Å². The second-order valence-corrected chi connectivity index (χ2v) is 6.76. The van der Waals surface area contributed by atoms with Crippen LogP contribution in [0.4, 0.5) is 5.95 Å². The minimum absolute atomic E-state index is 0.134. The summed E-state index contributed by atoms with van der Waals surface area (Å²) in [6, 6.07) is 3.53. The zero-order chi connectivity index (χ0) is 18.7. The summed E-state index contributed by atoms with van der Waals surface area (Å²) in [4.78, 5) is 16.4. The van der Waals surface area contributed by atoms with Crippen molar-refractivity contribution in [2.45, 2.75) is 47.1 Å². The Hall–Kier alpha value is -2.90. The Morgan fingerprint density at radius 3 is 2.88 bits per heavy atom. The number of carbonyl (C=O) groups excluding carboxylic acids is 1. The van der Waals surface area contributed by atoms with Crippen molar-refractivity contribution in [3.8, 4) is 11.6 Å². The molecule has 0 atom stereocenters. The van der Waals surface area contributed by atoms with Gasteiger partial charge in [0, 0.05) is 18.7 Å². The van der Waals surface area contributed by atoms with Crippen LogP contribution in [0.15, 0.2) is 22.8 Å². The molecule has 0 spiro atoms. The molecular formula is C18H24N6O2. The Labute approximate surface area is 152 Å². The van der Waals surface area contributed by atoms with Gasteiger partial charge in [0.15, 0.2) is 11.6 Å². The van der Waals surface area contributed by atoms with E-state index in [9.17, 15) is 4.79 Å². The maximum Gasteiger partial charge on any atom is 0.249 e. The number of H-pyrrole nitrogens is 1. The fourth-order valence-corrected chi connectivity index (χ4v) is 2.89. The lowest BCUT2D eigenvalue weighted by Crippen LogP contribution is -2.14. The van der Waals surface area contributed by atoms with Crippen molar-refractivity contribution >= 4 is 11.9 Å². The average Bonchev–Trinajstić information content (AvgIpc) is 3.28. The summed E-state index contributed by atoms with van der Waals surface area (Å²) in [5.41, 5.74) is 3.24. The number of nitrogens with one attached hydrogen (secondary N) is 2. The molecule has 0 aromatic carbocycles. The molecule has 8 nitrogen and oxygen atoms in total. The summed E-state index contributed by atoms with van der Waals surface area (Å²) in [6.45, 7) is 9.25. The number of hydrogen-bond donors (Lipinski definition) is 2. The smallest absolute Gasteiger partial charge is 0.249 e. The number of hydrogen-bond acceptors (Lipinski definition) is 5. The van der Waals surface area contributed by atoms with Crippen LogP contribution in [-0.2, 0) is 17.8 Å². The van der Waals surface area contributed by atoms with Crippen LogP contribution in [-0.4, -0.2) is 30.9 Å². The van der Waals surface area contributed by atoms with Crippen molar-refractivity contribution in [2.24, 2.45) is 5.92 Å². The summed E-state index contributed by atoms with van der Waals surface area (Å²) in [6.07, 6.45) is 2.54. The highest BCUT2D eigenvalue weighted by Crippen LogP contribution is 2.18. The largest absolute Gasteiger partial charge is 0.461 e. The molecule has 0 aliphatic heterocycles. The van der Waals surface area contributed by atoms with Gasteiger partial charge < -0.3 is 4.42 Å². The first-order valence-electron chi connectivity index (χ1n) is 8.73. The highest BCUT2D eigenvalue weighted by Gasteiger charge is 2.15. The van der Waals surface area contributed by atoms with Gasteiger partial charge in [-0.25, -0.2) is 0 Å². The van der Waals surface area contributed by atoms with Crippen LogP contribution < -0.4 is 5.32 Å². The maximum atomic E-state index is 12.2. The van der Waals surface area contributed by atoms with E-state index >= 15 is 0 Å². The molecule has 0 aliphatic carbocycles. The third-order valence-electron chi connectivity index (χ3n) is 4.16. The van der Waals surface area contributed by atoms with Crippen LogP contribution >= 0.6 is 0 Å². The third-order valence-corrected chi connectivity index (χ3v) is 4.16. The summed E-state index contributed by atoms with van der Waals surface area (Å²) < 4.78 is 7.27. The monoisotopic (exact) mass is 356 g/mol. The zero-order valence-electron chi connectivity index (χ0n) is 15.5. The van der Waals surface area contributed by atoms with E-state index in [0.29, 0.717) is 30.3 Å². The molecule has 138 valence electrons. The molecule has 0 aliphatic rings. The van der Waals surface area contributed by atoms with Crippen molar-refractivity contribution in [1.29, 1.82) is 0 Å². The van der Waals surface area contributed by atoms with Crippen LogP contribution in [0.1, 0.15) is 37.2 Å². The fourth-order valence-electron chi connectivity index (χ4n) is 2.89. The number of carbonyl (C=O) groups is 1. The molecule has 0 fully saturated rings. The Morgan fingerprint density at radius 2 is 2.19 bits per heavy atom. The van der Waals surface area contributed by atoms with E-state index in [1.54, 1.807) is 18.4 Å².